The van der Waals surface area contributed by atoms with Gasteiger partial charge in [0.15, 0.2) is 11.5 Å². The molecule has 0 amide bonds. The molecule has 5 heteroatoms. The number of ether oxygens (including phenoxy) is 3. The number of phenolic OH excluding ortho intramolecular Hbond substituents is 2. The van der Waals surface area contributed by atoms with Crippen LogP contribution < -0.4 is 14.2 Å². The second-order valence-electron chi connectivity index (χ2n) is 4.40. The van der Waals surface area contributed by atoms with Crippen LogP contribution in [0, 0.1) is 11.8 Å². The molecule has 0 unspecified atom stereocenters. The molecule has 5 nitrogen and oxygen atoms in total. The molecule has 2 rings (SSSR count). The molecule has 0 aromatic heterocycles. The molecule has 0 saturated carbocycles. The van der Waals surface area contributed by atoms with Crippen molar-refractivity contribution in [3.63, 3.8) is 0 Å². The third kappa shape index (κ3) is 3.36. The molecule has 2 aromatic carbocycles. The molecule has 0 aliphatic heterocycles. The number of aromatic hydroxyl groups is 2. The lowest BCUT2D eigenvalue weighted by Gasteiger charge is -2.08. The fraction of sp³-hybridized carbons (Fsp3) is 0.176. The Morgan fingerprint density at radius 3 is 1.77 bits per heavy atom. The largest absolute Gasteiger partial charge is 0.508 e. The Hall–Kier alpha value is -3.00. The molecule has 0 heterocycles. The predicted octanol–water partition coefficient (Wildman–Crippen LogP) is 2.52. The van der Waals surface area contributed by atoms with Crippen LogP contribution in [0.15, 0.2) is 30.3 Å². The maximum absolute atomic E-state index is 9.86. The van der Waals surface area contributed by atoms with Gasteiger partial charge in [-0.1, -0.05) is 11.8 Å². The van der Waals surface area contributed by atoms with Crippen molar-refractivity contribution in [2.24, 2.45) is 0 Å². The first-order valence-electron chi connectivity index (χ1n) is 6.42. The van der Waals surface area contributed by atoms with Gasteiger partial charge in [-0.3, -0.25) is 0 Å². The third-order valence-corrected chi connectivity index (χ3v) is 2.96. The maximum atomic E-state index is 9.86. The lowest BCUT2D eigenvalue weighted by atomic mass is 10.1. The number of hydrogen-bond acceptors (Lipinski definition) is 5. The van der Waals surface area contributed by atoms with Gasteiger partial charge in [-0.15, -0.1) is 0 Å². The standard InChI is InChI=1S/C17H16O5/c1-20-14-7-11(6-13(18)10-14)4-5-12-8-15(21-2)17(19)16(9-12)22-3/h6-10,18-19H,1-3H3. The molecular weight excluding hydrogens is 284 g/mol. The van der Waals surface area contributed by atoms with Crippen LogP contribution in [0.5, 0.6) is 28.7 Å². The van der Waals surface area contributed by atoms with Gasteiger partial charge in [0.05, 0.1) is 21.3 Å². The molecular formula is C17H16O5. The van der Waals surface area contributed by atoms with Gasteiger partial charge in [0, 0.05) is 17.2 Å². The quantitative estimate of drug-likeness (QED) is 0.853. The van der Waals surface area contributed by atoms with Crippen LogP contribution in [0.25, 0.3) is 0 Å². The molecule has 0 aliphatic carbocycles. The van der Waals surface area contributed by atoms with E-state index in [4.69, 9.17) is 14.2 Å². The lowest BCUT2D eigenvalue weighted by molar-refractivity contribution is 0.339. The minimum atomic E-state index is -0.0745. The minimum Gasteiger partial charge on any atom is -0.508 e. The Morgan fingerprint density at radius 1 is 0.727 bits per heavy atom. The summed E-state index contributed by atoms with van der Waals surface area (Å²) >= 11 is 0. The maximum Gasteiger partial charge on any atom is 0.200 e. The Bertz CT molecular complexity index is 715. The Kier molecular flexibility index (Phi) is 4.64. The first-order chi connectivity index (χ1) is 10.6. The zero-order valence-corrected chi connectivity index (χ0v) is 12.5. The van der Waals surface area contributed by atoms with Crippen LogP contribution in [0.2, 0.25) is 0 Å². The SMILES string of the molecule is COc1cc(O)cc(C#Cc2cc(OC)c(O)c(OC)c2)c1. The summed E-state index contributed by atoms with van der Waals surface area (Å²) in [4.78, 5) is 0. The zero-order valence-electron chi connectivity index (χ0n) is 12.5. The Labute approximate surface area is 128 Å². The highest BCUT2D eigenvalue weighted by atomic mass is 16.5. The van der Waals surface area contributed by atoms with E-state index in [9.17, 15) is 10.2 Å². The van der Waals surface area contributed by atoms with E-state index >= 15 is 0 Å². The van der Waals surface area contributed by atoms with Gasteiger partial charge in [-0.25, -0.2) is 0 Å². The van der Waals surface area contributed by atoms with Gasteiger partial charge < -0.3 is 24.4 Å². The summed E-state index contributed by atoms with van der Waals surface area (Å²) in [6, 6.07) is 7.94. The van der Waals surface area contributed by atoms with E-state index in [0.29, 0.717) is 16.9 Å². The van der Waals surface area contributed by atoms with Gasteiger partial charge in [0.25, 0.3) is 0 Å². The van der Waals surface area contributed by atoms with Crippen molar-refractivity contribution in [2.75, 3.05) is 21.3 Å². The van der Waals surface area contributed by atoms with E-state index in [2.05, 4.69) is 11.8 Å². The predicted molar refractivity (Wildman–Crippen MR) is 81.8 cm³/mol. The molecule has 2 N–H and O–H groups in total. The van der Waals surface area contributed by atoms with Gasteiger partial charge >= 0.3 is 0 Å². The molecule has 0 spiro atoms. The number of hydrogen-bond donors (Lipinski definition) is 2. The van der Waals surface area contributed by atoms with Crippen LogP contribution in [-0.4, -0.2) is 31.5 Å². The smallest absolute Gasteiger partial charge is 0.200 e. The summed E-state index contributed by atoms with van der Waals surface area (Å²) in [5.74, 6) is 6.91. The molecule has 0 fully saturated rings. The average molecular weight is 300 g/mol. The van der Waals surface area contributed by atoms with Gasteiger partial charge in [-0.2, -0.15) is 0 Å². The summed E-state index contributed by atoms with van der Waals surface area (Å²) in [6.45, 7) is 0. The molecule has 0 aliphatic rings. The fourth-order valence-electron chi connectivity index (χ4n) is 1.88. The molecule has 0 bridgehead atoms. The van der Waals surface area contributed by atoms with E-state index in [-0.39, 0.29) is 23.0 Å². The molecule has 114 valence electrons. The Balaban J connectivity index is 2.41. The highest BCUT2D eigenvalue weighted by Crippen LogP contribution is 2.36. The van der Waals surface area contributed by atoms with E-state index in [0.717, 1.165) is 0 Å². The summed E-state index contributed by atoms with van der Waals surface area (Å²) in [6.07, 6.45) is 0. The van der Waals surface area contributed by atoms with Crippen molar-refractivity contribution in [3.8, 4) is 40.6 Å². The number of phenols is 2. The summed E-state index contributed by atoms with van der Waals surface area (Å²) in [5.41, 5.74) is 1.21. The van der Waals surface area contributed by atoms with E-state index in [1.165, 1.54) is 33.5 Å². The number of rotatable bonds is 3. The van der Waals surface area contributed by atoms with Crippen LogP contribution in [-0.2, 0) is 0 Å². The van der Waals surface area contributed by atoms with Crippen molar-refractivity contribution in [3.05, 3.63) is 41.5 Å². The normalized spacial score (nSPS) is 9.59. The highest BCUT2D eigenvalue weighted by Gasteiger charge is 2.10. The fourth-order valence-corrected chi connectivity index (χ4v) is 1.88. The Morgan fingerprint density at radius 2 is 1.27 bits per heavy atom. The second kappa shape index (κ2) is 6.64. The van der Waals surface area contributed by atoms with Crippen molar-refractivity contribution in [2.45, 2.75) is 0 Å². The molecule has 0 radical (unpaired) electrons. The minimum absolute atomic E-state index is 0.0736. The van der Waals surface area contributed by atoms with Crippen LogP contribution in [0.1, 0.15) is 11.1 Å². The van der Waals surface area contributed by atoms with E-state index in [1.54, 1.807) is 18.2 Å². The monoisotopic (exact) mass is 300 g/mol. The topological polar surface area (TPSA) is 68.2 Å². The van der Waals surface area contributed by atoms with Gasteiger partial charge in [0.1, 0.15) is 11.5 Å². The van der Waals surface area contributed by atoms with Crippen LogP contribution >= 0.6 is 0 Å². The molecule has 0 saturated heterocycles. The van der Waals surface area contributed by atoms with E-state index in [1.807, 2.05) is 0 Å². The van der Waals surface area contributed by atoms with Crippen molar-refractivity contribution in [1.29, 1.82) is 0 Å². The van der Waals surface area contributed by atoms with E-state index < -0.39 is 0 Å². The second-order valence-corrected chi connectivity index (χ2v) is 4.40. The summed E-state index contributed by atoms with van der Waals surface area (Å²) in [7, 11) is 4.42. The van der Waals surface area contributed by atoms with Gasteiger partial charge in [0.2, 0.25) is 5.75 Å². The molecule has 0 atom stereocenters. The zero-order chi connectivity index (χ0) is 16.1. The van der Waals surface area contributed by atoms with Crippen LogP contribution in [0.4, 0.5) is 0 Å². The highest BCUT2D eigenvalue weighted by molar-refractivity contribution is 5.58. The average Bonchev–Trinajstić information content (AvgIpc) is 2.53. The lowest BCUT2D eigenvalue weighted by Crippen LogP contribution is -1.90. The number of benzene rings is 2. The van der Waals surface area contributed by atoms with Crippen LogP contribution in [0.3, 0.4) is 0 Å². The van der Waals surface area contributed by atoms with Crippen molar-refractivity contribution in [1.82, 2.24) is 0 Å². The first kappa shape index (κ1) is 15.4. The summed E-state index contributed by atoms with van der Waals surface area (Å²) in [5, 5.41) is 19.5. The molecule has 22 heavy (non-hydrogen) atoms. The number of methoxy groups -OCH3 is 3. The summed E-state index contributed by atoms with van der Waals surface area (Å²) < 4.78 is 15.2. The first-order valence-corrected chi connectivity index (χ1v) is 6.42. The van der Waals surface area contributed by atoms with Crippen molar-refractivity contribution >= 4 is 0 Å². The third-order valence-electron chi connectivity index (χ3n) is 2.96. The van der Waals surface area contributed by atoms with Gasteiger partial charge in [-0.05, 0) is 24.3 Å². The van der Waals surface area contributed by atoms with Crippen molar-refractivity contribution < 1.29 is 24.4 Å². The molecule has 2 aromatic rings.